The number of hydrogen-bond donors (Lipinski definition) is 2. The summed E-state index contributed by atoms with van der Waals surface area (Å²) in [7, 11) is 0. The van der Waals surface area contributed by atoms with Crippen molar-refractivity contribution in [2.75, 3.05) is 17.2 Å². The van der Waals surface area contributed by atoms with E-state index < -0.39 is 0 Å². The topological polar surface area (TPSA) is 80.1 Å². The zero-order valence-corrected chi connectivity index (χ0v) is 12.8. The number of aromatic nitrogens is 1. The van der Waals surface area contributed by atoms with Crippen LogP contribution in [0.5, 0.6) is 0 Å². The quantitative estimate of drug-likeness (QED) is 0.615. The summed E-state index contributed by atoms with van der Waals surface area (Å²) >= 11 is 0. The Kier molecular flexibility index (Phi) is 5.36. The van der Waals surface area contributed by atoms with Gasteiger partial charge in [-0.25, -0.2) is 4.98 Å². The molecular formula is C15H24N4O2. The lowest BCUT2D eigenvalue weighted by atomic mass is 9.87. The van der Waals surface area contributed by atoms with Crippen molar-refractivity contribution in [3.63, 3.8) is 0 Å². The van der Waals surface area contributed by atoms with E-state index in [0.29, 0.717) is 11.6 Å². The van der Waals surface area contributed by atoms with E-state index in [0.717, 1.165) is 31.7 Å². The summed E-state index contributed by atoms with van der Waals surface area (Å²) in [5.74, 6) is 1.83. The molecule has 6 nitrogen and oxygen atoms in total. The predicted octanol–water partition coefficient (Wildman–Crippen LogP) is 3.80. The molecule has 21 heavy (non-hydrogen) atoms. The molecule has 1 fully saturated rings. The van der Waals surface area contributed by atoms with Crippen molar-refractivity contribution in [2.24, 2.45) is 5.92 Å². The van der Waals surface area contributed by atoms with Crippen LogP contribution in [0, 0.1) is 16.0 Å². The van der Waals surface area contributed by atoms with Crippen molar-refractivity contribution in [1.29, 1.82) is 0 Å². The van der Waals surface area contributed by atoms with E-state index in [1.807, 2.05) is 0 Å². The molecule has 2 N–H and O–H groups in total. The zero-order valence-electron chi connectivity index (χ0n) is 12.8. The van der Waals surface area contributed by atoms with Crippen molar-refractivity contribution in [2.45, 2.75) is 52.0 Å². The van der Waals surface area contributed by atoms with Crippen LogP contribution in [-0.4, -0.2) is 22.5 Å². The van der Waals surface area contributed by atoms with E-state index >= 15 is 0 Å². The Morgan fingerprint density at radius 3 is 2.67 bits per heavy atom. The monoisotopic (exact) mass is 292 g/mol. The van der Waals surface area contributed by atoms with Gasteiger partial charge in [0.1, 0.15) is 5.82 Å². The number of anilines is 2. The molecule has 0 atom stereocenters. The van der Waals surface area contributed by atoms with E-state index in [-0.39, 0.29) is 16.7 Å². The van der Waals surface area contributed by atoms with Crippen molar-refractivity contribution in [3.8, 4) is 0 Å². The lowest BCUT2D eigenvalue weighted by molar-refractivity contribution is -0.384. The average molecular weight is 292 g/mol. The number of rotatable bonds is 6. The molecule has 6 heteroatoms. The van der Waals surface area contributed by atoms with Gasteiger partial charge in [0, 0.05) is 18.7 Å². The molecule has 116 valence electrons. The van der Waals surface area contributed by atoms with Gasteiger partial charge in [-0.1, -0.05) is 13.8 Å². The summed E-state index contributed by atoms with van der Waals surface area (Å²) in [4.78, 5) is 15.2. The van der Waals surface area contributed by atoms with Gasteiger partial charge in [-0.05, 0) is 44.1 Å². The summed E-state index contributed by atoms with van der Waals surface area (Å²) in [5, 5.41) is 17.6. The summed E-state index contributed by atoms with van der Waals surface area (Å²) in [6.07, 6.45) is 5.42. The highest BCUT2D eigenvalue weighted by Gasteiger charge is 2.22. The van der Waals surface area contributed by atoms with E-state index in [4.69, 9.17) is 0 Å². The number of hydrogen-bond acceptors (Lipinski definition) is 5. The minimum Gasteiger partial charge on any atom is -0.370 e. The molecule has 2 rings (SSSR count). The van der Waals surface area contributed by atoms with Crippen molar-refractivity contribution in [1.82, 2.24) is 4.98 Å². The number of nitro groups is 1. The third kappa shape index (κ3) is 4.31. The minimum atomic E-state index is -0.371. The first-order chi connectivity index (χ1) is 10.1. The van der Waals surface area contributed by atoms with Crippen LogP contribution in [0.25, 0.3) is 0 Å². The maximum Gasteiger partial charge on any atom is 0.311 e. The molecule has 0 radical (unpaired) electrons. The van der Waals surface area contributed by atoms with Gasteiger partial charge >= 0.3 is 5.69 Å². The Morgan fingerprint density at radius 1 is 1.33 bits per heavy atom. The second-order valence-electron chi connectivity index (χ2n) is 5.85. The molecule has 1 aromatic rings. The summed E-state index contributed by atoms with van der Waals surface area (Å²) in [6, 6.07) is 3.48. The highest BCUT2D eigenvalue weighted by Crippen LogP contribution is 2.29. The molecule has 0 saturated heterocycles. The molecule has 0 spiro atoms. The van der Waals surface area contributed by atoms with E-state index in [1.54, 1.807) is 6.07 Å². The maximum atomic E-state index is 11.1. The fourth-order valence-corrected chi connectivity index (χ4v) is 2.65. The number of nitrogens with zero attached hydrogens (tertiary/aromatic N) is 2. The van der Waals surface area contributed by atoms with Crippen LogP contribution in [0.15, 0.2) is 12.1 Å². The molecule has 0 unspecified atom stereocenters. The van der Waals surface area contributed by atoms with E-state index in [1.165, 1.54) is 18.9 Å². The second-order valence-corrected chi connectivity index (χ2v) is 5.85. The van der Waals surface area contributed by atoms with Gasteiger partial charge in [0.2, 0.25) is 5.82 Å². The van der Waals surface area contributed by atoms with Gasteiger partial charge in [0.05, 0.1) is 4.92 Å². The number of pyridine rings is 1. The normalized spacial score (nSPS) is 21.8. The van der Waals surface area contributed by atoms with Crippen LogP contribution in [0.3, 0.4) is 0 Å². The summed E-state index contributed by atoms with van der Waals surface area (Å²) in [6.45, 7) is 5.14. The van der Waals surface area contributed by atoms with Crippen LogP contribution in [0.4, 0.5) is 17.3 Å². The first kappa shape index (κ1) is 15.5. The Morgan fingerprint density at radius 2 is 2.05 bits per heavy atom. The molecular weight excluding hydrogens is 268 g/mol. The van der Waals surface area contributed by atoms with Crippen molar-refractivity contribution < 1.29 is 4.92 Å². The van der Waals surface area contributed by atoms with E-state index in [9.17, 15) is 10.1 Å². The molecule has 1 aliphatic rings. The third-order valence-electron chi connectivity index (χ3n) is 3.98. The fraction of sp³-hybridized carbons (Fsp3) is 0.667. The fourth-order valence-electron chi connectivity index (χ4n) is 2.65. The second kappa shape index (κ2) is 7.24. The highest BCUT2D eigenvalue weighted by atomic mass is 16.6. The van der Waals surface area contributed by atoms with Crippen LogP contribution >= 0.6 is 0 Å². The van der Waals surface area contributed by atoms with Gasteiger partial charge in [-0.15, -0.1) is 0 Å². The Hall–Kier alpha value is -1.85. The van der Waals surface area contributed by atoms with Crippen molar-refractivity contribution in [3.05, 3.63) is 22.2 Å². The summed E-state index contributed by atoms with van der Waals surface area (Å²) < 4.78 is 0. The van der Waals surface area contributed by atoms with Crippen LogP contribution in [0.1, 0.15) is 46.0 Å². The van der Waals surface area contributed by atoms with Gasteiger partial charge in [0.15, 0.2) is 0 Å². The smallest absolute Gasteiger partial charge is 0.311 e. The van der Waals surface area contributed by atoms with Gasteiger partial charge < -0.3 is 10.6 Å². The van der Waals surface area contributed by atoms with Gasteiger partial charge in [0.25, 0.3) is 0 Å². The van der Waals surface area contributed by atoms with E-state index in [2.05, 4.69) is 29.5 Å². The molecule has 0 bridgehead atoms. The molecule has 0 amide bonds. The Bertz CT molecular complexity index is 485. The highest BCUT2D eigenvalue weighted by molar-refractivity contribution is 5.60. The Balaban J connectivity index is 2.12. The minimum absolute atomic E-state index is 0.0515. The standard InChI is InChI=1S/C15H24N4O2/c1-3-10-16-14-9-8-13(19(20)21)15(18-14)17-12-6-4-11(2)5-7-12/h8-9,11-12H,3-7,10H2,1-2H3,(H2,16,17,18). The zero-order chi connectivity index (χ0) is 15.2. The van der Waals surface area contributed by atoms with Crippen LogP contribution in [0.2, 0.25) is 0 Å². The maximum absolute atomic E-state index is 11.1. The van der Waals surface area contributed by atoms with Gasteiger partial charge in [-0.2, -0.15) is 0 Å². The van der Waals surface area contributed by atoms with Crippen LogP contribution < -0.4 is 10.6 Å². The molecule has 1 saturated carbocycles. The molecule has 0 aromatic carbocycles. The largest absolute Gasteiger partial charge is 0.370 e. The van der Waals surface area contributed by atoms with Gasteiger partial charge in [-0.3, -0.25) is 10.1 Å². The Labute approximate surface area is 125 Å². The molecule has 0 aliphatic heterocycles. The molecule has 1 heterocycles. The molecule has 1 aliphatic carbocycles. The average Bonchev–Trinajstić information content (AvgIpc) is 2.47. The first-order valence-corrected chi connectivity index (χ1v) is 7.76. The first-order valence-electron chi connectivity index (χ1n) is 7.76. The third-order valence-corrected chi connectivity index (χ3v) is 3.98. The lowest BCUT2D eigenvalue weighted by Crippen LogP contribution is -2.26. The predicted molar refractivity (Wildman–Crippen MR) is 84.7 cm³/mol. The SMILES string of the molecule is CCCNc1ccc([N+](=O)[O-])c(NC2CCC(C)CC2)n1. The summed E-state index contributed by atoms with van der Waals surface area (Å²) in [5.41, 5.74) is 0.0515. The lowest BCUT2D eigenvalue weighted by Gasteiger charge is -2.27. The molecule has 1 aromatic heterocycles. The van der Waals surface area contributed by atoms with Crippen molar-refractivity contribution >= 4 is 17.3 Å². The number of nitrogens with one attached hydrogen (secondary N) is 2. The van der Waals surface area contributed by atoms with Crippen LogP contribution in [-0.2, 0) is 0 Å².